The first-order valence-electron chi connectivity index (χ1n) is 9.66. The number of carbonyl (C=O) groups is 1. The second-order valence-electron chi connectivity index (χ2n) is 6.96. The number of anilines is 1. The Balaban J connectivity index is 1.62. The maximum absolute atomic E-state index is 12.5. The fraction of sp³-hybridized carbons (Fsp3) is 0.304. The van der Waals surface area contributed by atoms with E-state index in [1.807, 2.05) is 5.38 Å². The summed E-state index contributed by atoms with van der Waals surface area (Å²) in [6.45, 7) is 4.22. The fourth-order valence-corrected chi connectivity index (χ4v) is 4.96. The average molecular weight is 459 g/mol. The van der Waals surface area contributed by atoms with Gasteiger partial charge in [-0.3, -0.25) is 4.79 Å². The van der Waals surface area contributed by atoms with Gasteiger partial charge in [0.2, 0.25) is 11.7 Å². The highest BCUT2D eigenvalue weighted by Crippen LogP contribution is 2.40. The number of hydrogen-bond acceptors (Lipinski definition) is 7. The van der Waals surface area contributed by atoms with Gasteiger partial charge < -0.3 is 19.5 Å². The summed E-state index contributed by atoms with van der Waals surface area (Å²) in [5, 5.41) is 4.81. The number of thiazole rings is 1. The zero-order valence-electron chi connectivity index (χ0n) is 18.3. The molecule has 0 aliphatic heterocycles. The Kier molecular flexibility index (Phi) is 7.81. The van der Waals surface area contributed by atoms with E-state index in [0.29, 0.717) is 22.9 Å². The molecular weight excluding hydrogens is 432 g/mol. The Hall–Kier alpha value is -2.71. The number of amides is 1. The van der Waals surface area contributed by atoms with Gasteiger partial charge in [-0.15, -0.1) is 11.3 Å². The van der Waals surface area contributed by atoms with Crippen LogP contribution in [-0.2, 0) is 17.0 Å². The standard InChI is InChI=1S/C23H26N2O4S2/c1-14-6-7-15(2)16(8-14)12-30-23-25-18(13-31-23)11-21(26)24-17-9-19(27-3)22(29-5)20(10-17)28-4/h6-10,13H,11-12H2,1-5H3,(H,24,26). The second-order valence-corrected chi connectivity index (χ2v) is 9.04. The molecule has 0 unspecified atom stereocenters. The maximum Gasteiger partial charge on any atom is 0.230 e. The number of aryl methyl sites for hydroxylation is 2. The molecule has 0 aliphatic rings. The maximum atomic E-state index is 12.5. The van der Waals surface area contributed by atoms with Crippen molar-refractivity contribution >= 4 is 34.7 Å². The van der Waals surface area contributed by atoms with Crippen LogP contribution in [0.3, 0.4) is 0 Å². The van der Waals surface area contributed by atoms with Crippen LogP contribution in [0, 0.1) is 13.8 Å². The van der Waals surface area contributed by atoms with E-state index in [1.54, 1.807) is 35.2 Å². The van der Waals surface area contributed by atoms with Crippen molar-refractivity contribution in [1.29, 1.82) is 0 Å². The molecule has 2 aromatic carbocycles. The highest BCUT2D eigenvalue weighted by Gasteiger charge is 2.15. The summed E-state index contributed by atoms with van der Waals surface area (Å²) in [6.07, 6.45) is 0.192. The number of nitrogens with zero attached hydrogens (tertiary/aromatic N) is 1. The SMILES string of the molecule is COc1cc(NC(=O)Cc2csc(SCc3cc(C)ccc3C)n2)cc(OC)c1OC. The molecule has 1 heterocycles. The van der Waals surface area contributed by atoms with Gasteiger partial charge in [0.05, 0.1) is 33.4 Å². The van der Waals surface area contributed by atoms with E-state index >= 15 is 0 Å². The van der Waals surface area contributed by atoms with Crippen molar-refractivity contribution in [2.24, 2.45) is 0 Å². The van der Waals surface area contributed by atoms with Crippen molar-refractivity contribution in [3.05, 3.63) is 58.1 Å². The van der Waals surface area contributed by atoms with Gasteiger partial charge in [0.1, 0.15) is 4.34 Å². The topological polar surface area (TPSA) is 69.7 Å². The predicted octanol–water partition coefficient (Wildman–Crippen LogP) is 5.26. The number of hydrogen-bond donors (Lipinski definition) is 1. The number of methoxy groups -OCH3 is 3. The van der Waals surface area contributed by atoms with E-state index in [2.05, 4.69) is 42.3 Å². The number of nitrogens with one attached hydrogen (secondary N) is 1. The van der Waals surface area contributed by atoms with Crippen LogP contribution in [0.1, 0.15) is 22.4 Å². The summed E-state index contributed by atoms with van der Waals surface area (Å²) >= 11 is 3.25. The smallest absolute Gasteiger partial charge is 0.230 e. The van der Waals surface area contributed by atoms with E-state index < -0.39 is 0 Å². The van der Waals surface area contributed by atoms with Gasteiger partial charge in [-0.25, -0.2) is 4.98 Å². The Bertz CT molecular complexity index is 1040. The summed E-state index contributed by atoms with van der Waals surface area (Å²) in [7, 11) is 4.61. The zero-order chi connectivity index (χ0) is 22.4. The van der Waals surface area contributed by atoms with Crippen LogP contribution in [0.25, 0.3) is 0 Å². The number of carbonyl (C=O) groups excluding carboxylic acids is 1. The van der Waals surface area contributed by atoms with Gasteiger partial charge in [0, 0.05) is 29.0 Å². The third-order valence-electron chi connectivity index (χ3n) is 4.68. The first kappa shape index (κ1) is 23.0. The van der Waals surface area contributed by atoms with Crippen LogP contribution in [-0.4, -0.2) is 32.2 Å². The summed E-state index contributed by atoms with van der Waals surface area (Å²) < 4.78 is 16.9. The summed E-state index contributed by atoms with van der Waals surface area (Å²) in [5.74, 6) is 2.14. The van der Waals surface area contributed by atoms with E-state index in [0.717, 1.165) is 15.8 Å². The molecule has 0 bridgehead atoms. The van der Waals surface area contributed by atoms with Gasteiger partial charge in [0.25, 0.3) is 0 Å². The van der Waals surface area contributed by atoms with E-state index in [9.17, 15) is 4.79 Å². The van der Waals surface area contributed by atoms with Gasteiger partial charge in [0.15, 0.2) is 11.5 Å². The van der Waals surface area contributed by atoms with Crippen LogP contribution in [0.5, 0.6) is 17.2 Å². The lowest BCUT2D eigenvalue weighted by molar-refractivity contribution is -0.115. The van der Waals surface area contributed by atoms with Crippen molar-refractivity contribution < 1.29 is 19.0 Å². The van der Waals surface area contributed by atoms with Gasteiger partial charge >= 0.3 is 0 Å². The molecular formula is C23H26N2O4S2. The molecule has 6 nitrogen and oxygen atoms in total. The van der Waals surface area contributed by atoms with Crippen LogP contribution in [0.2, 0.25) is 0 Å². The molecule has 0 atom stereocenters. The average Bonchev–Trinajstić information content (AvgIpc) is 3.20. The molecule has 0 saturated heterocycles. The molecule has 8 heteroatoms. The van der Waals surface area contributed by atoms with Crippen LogP contribution in [0.15, 0.2) is 40.1 Å². The third kappa shape index (κ3) is 5.92. The Morgan fingerprint density at radius 3 is 2.42 bits per heavy atom. The molecule has 164 valence electrons. The molecule has 1 amide bonds. The molecule has 3 aromatic rings. The first-order chi connectivity index (χ1) is 14.9. The zero-order valence-corrected chi connectivity index (χ0v) is 19.9. The highest BCUT2D eigenvalue weighted by molar-refractivity contribution is 8.00. The van der Waals surface area contributed by atoms with E-state index in [-0.39, 0.29) is 12.3 Å². The van der Waals surface area contributed by atoms with Gasteiger partial charge in [-0.1, -0.05) is 35.5 Å². The largest absolute Gasteiger partial charge is 0.493 e. The van der Waals surface area contributed by atoms with Crippen molar-refractivity contribution in [3.63, 3.8) is 0 Å². The quantitative estimate of drug-likeness (QED) is 0.441. The lowest BCUT2D eigenvalue weighted by atomic mass is 10.1. The van der Waals surface area contributed by atoms with Crippen molar-refractivity contribution in [3.8, 4) is 17.2 Å². The molecule has 1 N–H and O–H groups in total. The summed E-state index contributed by atoms with van der Waals surface area (Å²) in [5.41, 5.74) is 5.16. The van der Waals surface area contributed by atoms with Crippen LogP contribution < -0.4 is 19.5 Å². The monoisotopic (exact) mass is 458 g/mol. The van der Waals surface area contributed by atoms with Gasteiger partial charge in [-0.2, -0.15) is 0 Å². The van der Waals surface area contributed by atoms with Crippen LogP contribution >= 0.6 is 23.1 Å². The summed E-state index contributed by atoms with van der Waals surface area (Å²) in [4.78, 5) is 17.1. The molecule has 3 rings (SSSR count). The predicted molar refractivity (Wildman–Crippen MR) is 126 cm³/mol. The van der Waals surface area contributed by atoms with Crippen molar-refractivity contribution in [2.45, 2.75) is 30.4 Å². The molecule has 0 aliphatic carbocycles. The van der Waals surface area contributed by atoms with E-state index in [4.69, 9.17) is 14.2 Å². The Morgan fingerprint density at radius 2 is 1.77 bits per heavy atom. The number of thioether (sulfide) groups is 1. The molecule has 0 saturated carbocycles. The molecule has 0 spiro atoms. The molecule has 0 radical (unpaired) electrons. The molecule has 0 fully saturated rings. The van der Waals surface area contributed by atoms with Crippen LogP contribution in [0.4, 0.5) is 5.69 Å². The number of ether oxygens (including phenoxy) is 3. The van der Waals surface area contributed by atoms with Crippen molar-refractivity contribution in [1.82, 2.24) is 4.98 Å². The number of benzene rings is 2. The van der Waals surface area contributed by atoms with Crippen molar-refractivity contribution in [2.75, 3.05) is 26.6 Å². The minimum atomic E-state index is -0.161. The number of aromatic nitrogens is 1. The highest BCUT2D eigenvalue weighted by atomic mass is 32.2. The second kappa shape index (κ2) is 10.5. The summed E-state index contributed by atoms with van der Waals surface area (Å²) in [6, 6.07) is 9.88. The Labute approximate surface area is 191 Å². The minimum Gasteiger partial charge on any atom is -0.493 e. The number of rotatable bonds is 9. The van der Waals surface area contributed by atoms with E-state index in [1.165, 1.54) is 38.0 Å². The molecule has 31 heavy (non-hydrogen) atoms. The fourth-order valence-electron chi connectivity index (χ4n) is 3.05. The lowest BCUT2D eigenvalue weighted by Gasteiger charge is -2.14. The first-order valence-corrected chi connectivity index (χ1v) is 11.5. The normalized spacial score (nSPS) is 10.6. The molecule has 1 aromatic heterocycles. The lowest BCUT2D eigenvalue weighted by Crippen LogP contribution is -2.14. The van der Waals surface area contributed by atoms with Gasteiger partial charge in [-0.05, 0) is 25.0 Å². The minimum absolute atomic E-state index is 0.161. The third-order valence-corrected chi connectivity index (χ3v) is 6.80. The Morgan fingerprint density at radius 1 is 1.06 bits per heavy atom.